The van der Waals surface area contributed by atoms with Crippen molar-refractivity contribution in [2.45, 2.75) is 13.0 Å². The number of halogens is 1. The monoisotopic (exact) mass is 380 g/mol. The van der Waals surface area contributed by atoms with Crippen molar-refractivity contribution in [3.05, 3.63) is 65.3 Å². The molecule has 6 nitrogen and oxygen atoms in total. The highest BCUT2D eigenvalue weighted by molar-refractivity contribution is 6.32. The van der Waals surface area contributed by atoms with Crippen LogP contribution in [0, 0.1) is 11.3 Å². The van der Waals surface area contributed by atoms with Gasteiger partial charge < -0.3 is 9.30 Å². The lowest BCUT2D eigenvalue weighted by Crippen LogP contribution is -2.24. The van der Waals surface area contributed by atoms with Crippen LogP contribution in [0.1, 0.15) is 12.0 Å². The van der Waals surface area contributed by atoms with E-state index in [0.717, 1.165) is 16.5 Å². The van der Waals surface area contributed by atoms with Gasteiger partial charge in [-0.25, -0.2) is 5.43 Å². The van der Waals surface area contributed by atoms with E-state index in [9.17, 15) is 4.79 Å². The van der Waals surface area contributed by atoms with Gasteiger partial charge in [0.25, 0.3) is 5.91 Å². The van der Waals surface area contributed by atoms with Crippen LogP contribution in [0.25, 0.3) is 10.9 Å². The second-order valence-corrected chi connectivity index (χ2v) is 6.12. The average Bonchev–Trinajstić information content (AvgIpc) is 3.04. The number of fused-ring (bicyclic) bond motifs is 1. The molecule has 7 heteroatoms. The molecule has 0 bridgehead atoms. The fourth-order valence-electron chi connectivity index (χ4n) is 2.64. The summed E-state index contributed by atoms with van der Waals surface area (Å²) in [4.78, 5) is 11.9. The zero-order chi connectivity index (χ0) is 19.1. The number of rotatable bonds is 7. The standard InChI is InChI=1S/C20H17ClN4O2/c21-17-7-2-4-9-19(17)27-14-20(26)24-23-12-15-13-25(11-5-10-22)18-8-3-1-6-16(15)18/h1-4,6-9,12-13H,5,11,14H2,(H,24,26)/b23-12-. The summed E-state index contributed by atoms with van der Waals surface area (Å²) in [6, 6.07) is 16.9. The Bertz CT molecular complexity index is 1020. The molecule has 1 amide bonds. The maximum absolute atomic E-state index is 11.9. The molecule has 2 aromatic carbocycles. The third-order valence-electron chi connectivity index (χ3n) is 3.87. The molecule has 3 aromatic rings. The van der Waals surface area contributed by atoms with Crippen LogP contribution in [0.15, 0.2) is 59.8 Å². The van der Waals surface area contributed by atoms with Crippen LogP contribution >= 0.6 is 11.6 Å². The number of hydrogen-bond acceptors (Lipinski definition) is 4. The lowest BCUT2D eigenvalue weighted by Gasteiger charge is -2.06. The average molecular weight is 381 g/mol. The van der Waals surface area contributed by atoms with Crippen molar-refractivity contribution in [1.29, 1.82) is 5.26 Å². The molecule has 0 unspecified atom stereocenters. The molecule has 0 fully saturated rings. The molecule has 0 aliphatic carbocycles. The van der Waals surface area contributed by atoms with Gasteiger partial charge in [-0.05, 0) is 18.2 Å². The first-order valence-electron chi connectivity index (χ1n) is 8.33. The number of para-hydroxylation sites is 2. The number of aryl methyl sites for hydroxylation is 1. The number of benzene rings is 2. The summed E-state index contributed by atoms with van der Waals surface area (Å²) >= 11 is 5.98. The van der Waals surface area contributed by atoms with Crippen LogP contribution in [-0.2, 0) is 11.3 Å². The number of amides is 1. The highest BCUT2D eigenvalue weighted by Gasteiger charge is 2.07. The fourth-order valence-corrected chi connectivity index (χ4v) is 2.83. The van der Waals surface area contributed by atoms with Gasteiger partial charge in [-0.3, -0.25) is 4.79 Å². The van der Waals surface area contributed by atoms with Crippen molar-refractivity contribution in [3.8, 4) is 11.8 Å². The van der Waals surface area contributed by atoms with E-state index in [1.54, 1.807) is 30.5 Å². The zero-order valence-corrected chi connectivity index (χ0v) is 15.2. The predicted octanol–water partition coefficient (Wildman–Crippen LogP) is 3.74. The van der Waals surface area contributed by atoms with Gasteiger partial charge in [-0.15, -0.1) is 0 Å². The van der Waals surface area contributed by atoms with Crippen LogP contribution in [0.5, 0.6) is 5.75 Å². The number of nitrogens with one attached hydrogen (secondary N) is 1. The third-order valence-corrected chi connectivity index (χ3v) is 4.18. The first kappa shape index (κ1) is 18.5. The number of carbonyl (C=O) groups excluding carboxylic acids is 1. The molecule has 1 aromatic heterocycles. The maximum Gasteiger partial charge on any atom is 0.277 e. The smallest absolute Gasteiger partial charge is 0.277 e. The maximum atomic E-state index is 11.9. The molecular formula is C20H17ClN4O2. The van der Waals surface area contributed by atoms with Gasteiger partial charge in [0.05, 0.1) is 23.7 Å². The Morgan fingerprint density at radius 1 is 1.26 bits per heavy atom. The zero-order valence-electron chi connectivity index (χ0n) is 14.4. The van der Waals surface area contributed by atoms with Crippen molar-refractivity contribution in [2.24, 2.45) is 5.10 Å². The number of ether oxygens (including phenoxy) is 1. The molecule has 0 atom stereocenters. The van der Waals surface area contributed by atoms with Crippen LogP contribution in [0.3, 0.4) is 0 Å². The van der Waals surface area contributed by atoms with Crippen molar-refractivity contribution < 1.29 is 9.53 Å². The third kappa shape index (κ3) is 4.66. The summed E-state index contributed by atoms with van der Waals surface area (Å²) in [7, 11) is 0. The molecule has 3 rings (SSSR count). The predicted molar refractivity (Wildman–Crippen MR) is 105 cm³/mol. The molecule has 1 heterocycles. The Balaban J connectivity index is 1.63. The van der Waals surface area contributed by atoms with Crippen molar-refractivity contribution in [2.75, 3.05) is 6.61 Å². The van der Waals surface area contributed by atoms with Gasteiger partial charge in [0.2, 0.25) is 0 Å². The number of hydrogen-bond donors (Lipinski definition) is 1. The quantitative estimate of drug-likeness (QED) is 0.501. The minimum absolute atomic E-state index is 0.189. The largest absolute Gasteiger partial charge is 0.482 e. The molecule has 136 valence electrons. The number of hydrazone groups is 1. The second kappa shape index (κ2) is 8.88. The summed E-state index contributed by atoms with van der Waals surface area (Å²) in [6.07, 6.45) is 3.92. The minimum atomic E-state index is -0.389. The molecule has 0 saturated carbocycles. The van der Waals surface area contributed by atoms with Crippen molar-refractivity contribution in [1.82, 2.24) is 9.99 Å². The van der Waals surface area contributed by atoms with E-state index < -0.39 is 0 Å². The molecule has 27 heavy (non-hydrogen) atoms. The molecule has 0 aliphatic heterocycles. The molecule has 1 N–H and O–H groups in total. The highest BCUT2D eigenvalue weighted by Crippen LogP contribution is 2.23. The Labute approximate surface area is 161 Å². The van der Waals surface area contributed by atoms with E-state index in [0.29, 0.717) is 23.7 Å². The minimum Gasteiger partial charge on any atom is -0.482 e. The van der Waals surface area contributed by atoms with Crippen LogP contribution in [0.2, 0.25) is 5.02 Å². The lowest BCUT2D eigenvalue weighted by atomic mass is 10.2. The molecule has 0 spiro atoms. The first-order valence-corrected chi connectivity index (χ1v) is 8.71. The van der Waals surface area contributed by atoms with Gasteiger partial charge in [0.15, 0.2) is 6.61 Å². The Kier molecular flexibility index (Phi) is 6.08. The summed E-state index contributed by atoms with van der Waals surface area (Å²) in [5.41, 5.74) is 4.31. The van der Waals surface area contributed by atoms with Crippen LogP contribution < -0.4 is 10.2 Å². The fraction of sp³-hybridized carbons (Fsp3) is 0.150. The summed E-state index contributed by atoms with van der Waals surface area (Å²) in [5.74, 6) is 0.0539. The topological polar surface area (TPSA) is 79.4 Å². The van der Waals surface area contributed by atoms with Gasteiger partial charge in [-0.1, -0.05) is 41.9 Å². The highest BCUT2D eigenvalue weighted by atomic mass is 35.5. The summed E-state index contributed by atoms with van der Waals surface area (Å²) in [6.45, 7) is 0.411. The van der Waals surface area contributed by atoms with Gasteiger partial charge in [0.1, 0.15) is 5.75 Å². The van der Waals surface area contributed by atoms with Crippen molar-refractivity contribution >= 4 is 34.6 Å². The van der Waals surface area contributed by atoms with Gasteiger partial charge in [-0.2, -0.15) is 10.4 Å². The number of carbonyl (C=O) groups is 1. The van der Waals surface area contributed by atoms with E-state index in [1.807, 2.05) is 35.0 Å². The number of nitrogens with zero attached hydrogens (tertiary/aromatic N) is 3. The Morgan fingerprint density at radius 2 is 2.04 bits per heavy atom. The number of nitriles is 1. The molecule has 0 radical (unpaired) electrons. The Hall–Kier alpha value is -3.30. The molecule has 0 aliphatic rings. The van der Waals surface area contributed by atoms with Gasteiger partial charge >= 0.3 is 0 Å². The van der Waals surface area contributed by atoms with E-state index in [4.69, 9.17) is 21.6 Å². The lowest BCUT2D eigenvalue weighted by molar-refractivity contribution is -0.123. The van der Waals surface area contributed by atoms with E-state index in [2.05, 4.69) is 16.6 Å². The van der Waals surface area contributed by atoms with Crippen LogP contribution in [0.4, 0.5) is 0 Å². The van der Waals surface area contributed by atoms with E-state index in [-0.39, 0.29) is 12.5 Å². The molecular weight excluding hydrogens is 364 g/mol. The second-order valence-electron chi connectivity index (χ2n) is 5.72. The van der Waals surface area contributed by atoms with Crippen LogP contribution in [-0.4, -0.2) is 23.3 Å². The summed E-state index contributed by atoms with van der Waals surface area (Å²) in [5, 5.41) is 14.3. The first-order chi connectivity index (χ1) is 13.2. The number of aromatic nitrogens is 1. The normalized spacial score (nSPS) is 10.8. The summed E-state index contributed by atoms with van der Waals surface area (Å²) < 4.78 is 7.37. The van der Waals surface area contributed by atoms with E-state index in [1.165, 1.54) is 0 Å². The van der Waals surface area contributed by atoms with Crippen molar-refractivity contribution in [3.63, 3.8) is 0 Å². The SMILES string of the molecule is N#CCCn1cc(/C=N\NC(=O)COc2ccccc2Cl)c2ccccc21. The molecule has 0 saturated heterocycles. The van der Waals surface area contributed by atoms with Gasteiger partial charge in [0, 0.05) is 29.2 Å². The van der Waals surface area contributed by atoms with E-state index >= 15 is 0 Å². The Morgan fingerprint density at radius 3 is 2.85 bits per heavy atom.